The maximum absolute atomic E-state index is 13.3. The number of rotatable bonds is 7. The topological polar surface area (TPSA) is 64.6 Å². The molecule has 30 heavy (non-hydrogen) atoms. The quantitative estimate of drug-likeness (QED) is 0.515. The molecule has 0 atom stereocenters. The number of nitrogens with one attached hydrogen (secondary N) is 1. The monoisotopic (exact) mass is 427 g/mol. The Hall–Kier alpha value is -3.19. The molecule has 3 rings (SSSR count). The van der Waals surface area contributed by atoms with E-state index >= 15 is 0 Å². The first kappa shape index (κ1) is 21.5. The maximum atomic E-state index is 13.3. The van der Waals surface area contributed by atoms with Crippen LogP contribution in [0, 0.1) is 19.7 Å². The van der Waals surface area contributed by atoms with Crippen LogP contribution in [-0.4, -0.2) is 25.1 Å². The Bertz CT molecular complexity index is 1060. The average Bonchev–Trinajstić information content (AvgIpc) is 3.13. The minimum atomic E-state index is -0.552. The number of carbonyl (C=O) groups is 2. The van der Waals surface area contributed by atoms with Gasteiger partial charge in [0.1, 0.15) is 22.1 Å². The van der Waals surface area contributed by atoms with Crippen molar-refractivity contribution in [2.24, 2.45) is 0 Å². The van der Waals surface area contributed by atoms with E-state index in [4.69, 9.17) is 9.47 Å². The zero-order valence-corrected chi connectivity index (χ0v) is 17.8. The molecule has 0 spiro atoms. The minimum Gasteiger partial charge on any atom is -0.483 e. The van der Waals surface area contributed by atoms with E-state index in [1.165, 1.54) is 23.5 Å². The van der Waals surface area contributed by atoms with Crippen LogP contribution in [0.5, 0.6) is 5.75 Å². The van der Waals surface area contributed by atoms with Crippen molar-refractivity contribution < 1.29 is 23.5 Å². The van der Waals surface area contributed by atoms with E-state index < -0.39 is 11.9 Å². The van der Waals surface area contributed by atoms with Gasteiger partial charge in [-0.15, -0.1) is 11.3 Å². The summed E-state index contributed by atoms with van der Waals surface area (Å²) in [5, 5.41) is 4.84. The number of thiophene rings is 1. The lowest BCUT2D eigenvalue weighted by Gasteiger charge is -2.11. The van der Waals surface area contributed by atoms with Gasteiger partial charge in [-0.1, -0.05) is 24.3 Å². The molecule has 1 aromatic heterocycles. The van der Waals surface area contributed by atoms with Gasteiger partial charge in [0.15, 0.2) is 6.61 Å². The van der Waals surface area contributed by atoms with Crippen LogP contribution in [-0.2, 0) is 9.53 Å². The van der Waals surface area contributed by atoms with Crippen LogP contribution >= 0.6 is 11.3 Å². The number of esters is 1. The molecule has 7 heteroatoms. The summed E-state index contributed by atoms with van der Waals surface area (Å²) in [5.74, 6) is -0.685. The zero-order chi connectivity index (χ0) is 21.7. The molecule has 0 aliphatic rings. The van der Waals surface area contributed by atoms with Gasteiger partial charge >= 0.3 is 5.97 Å². The van der Waals surface area contributed by atoms with Crippen LogP contribution in [0.3, 0.4) is 0 Å². The van der Waals surface area contributed by atoms with Crippen molar-refractivity contribution >= 4 is 28.2 Å². The number of hydrogen-bond acceptors (Lipinski definition) is 5. The maximum Gasteiger partial charge on any atom is 0.341 e. The van der Waals surface area contributed by atoms with Gasteiger partial charge in [0.05, 0.1) is 6.61 Å². The van der Waals surface area contributed by atoms with Crippen LogP contribution in [0.1, 0.15) is 28.4 Å². The fourth-order valence-corrected chi connectivity index (χ4v) is 3.86. The molecular formula is C23H22FNO4S. The molecule has 156 valence electrons. The number of aryl methyl sites for hydroxylation is 1. The minimum absolute atomic E-state index is 0.195. The third-order valence-corrected chi connectivity index (χ3v) is 5.49. The summed E-state index contributed by atoms with van der Waals surface area (Å²) in [5.41, 5.74) is 3.51. The highest BCUT2D eigenvalue weighted by atomic mass is 32.1. The lowest BCUT2D eigenvalue weighted by molar-refractivity contribution is -0.118. The number of hydrogen-bond donors (Lipinski definition) is 1. The van der Waals surface area contributed by atoms with Crippen LogP contribution in [0.2, 0.25) is 0 Å². The SMILES string of the molecule is CCOC(=O)c1c(-c2ccc(F)cc2)csc1NC(=O)COc1cccc(C)c1C. The number of anilines is 1. The highest BCUT2D eigenvalue weighted by molar-refractivity contribution is 7.15. The van der Waals surface area contributed by atoms with Gasteiger partial charge in [-0.25, -0.2) is 9.18 Å². The summed E-state index contributed by atoms with van der Waals surface area (Å²) < 4.78 is 24.1. The highest BCUT2D eigenvalue weighted by Crippen LogP contribution is 2.36. The number of ether oxygens (including phenoxy) is 2. The second kappa shape index (κ2) is 9.54. The van der Waals surface area contributed by atoms with E-state index in [2.05, 4.69) is 5.32 Å². The number of amides is 1. The van der Waals surface area contributed by atoms with E-state index in [0.717, 1.165) is 11.1 Å². The van der Waals surface area contributed by atoms with E-state index in [9.17, 15) is 14.0 Å². The van der Waals surface area contributed by atoms with Gasteiger partial charge in [0.25, 0.3) is 5.91 Å². The Kier molecular flexibility index (Phi) is 6.84. The molecule has 0 bridgehead atoms. The Labute approximate surface area is 178 Å². The number of carbonyl (C=O) groups excluding carboxylic acids is 2. The standard InChI is InChI=1S/C23H22FNO4S/c1-4-28-23(27)21-18(16-8-10-17(24)11-9-16)13-30-22(21)25-20(26)12-29-19-7-5-6-14(2)15(19)3/h5-11,13H,4,12H2,1-3H3,(H,25,26). The normalized spacial score (nSPS) is 10.5. The van der Waals surface area contributed by atoms with E-state index in [1.54, 1.807) is 30.5 Å². The molecule has 0 fully saturated rings. The van der Waals surface area contributed by atoms with Gasteiger partial charge in [-0.3, -0.25) is 4.79 Å². The third kappa shape index (κ3) is 4.86. The lowest BCUT2D eigenvalue weighted by atomic mass is 10.0. The molecule has 2 aromatic carbocycles. The van der Waals surface area contributed by atoms with Crippen molar-refractivity contribution in [2.75, 3.05) is 18.5 Å². The second-order valence-corrected chi connectivity index (χ2v) is 7.50. The van der Waals surface area contributed by atoms with Gasteiger partial charge in [-0.2, -0.15) is 0 Å². The van der Waals surface area contributed by atoms with Crippen molar-refractivity contribution in [3.8, 4) is 16.9 Å². The smallest absolute Gasteiger partial charge is 0.341 e. The molecule has 1 N–H and O–H groups in total. The first-order valence-electron chi connectivity index (χ1n) is 9.44. The molecule has 0 unspecified atom stereocenters. The Morgan fingerprint density at radius 3 is 2.53 bits per heavy atom. The van der Waals surface area contributed by atoms with Crippen LogP contribution in [0.4, 0.5) is 9.39 Å². The zero-order valence-electron chi connectivity index (χ0n) is 17.0. The van der Waals surface area contributed by atoms with Crippen molar-refractivity contribution in [3.63, 3.8) is 0 Å². The van der Waals surface area contributed by atoms with E-state index in [1.807, 2.05) is 26.0 Å². The lowest BCUT2D eigenvalue weighted by Crippen LogP contribution is -2.21. The molecule has 0 saturated heterocycles. The Morgan fingerprint density at radius 1 is 1.10 bits per heavy atom. The fraction of sp³-hybridized carbons (Fsp3) is 0.217. The molecule has 1 amide bonds. The van der Waals surface area contributed by atoms with Crippen LogP contribution < -0.4 is 10.1 Å². The molecule has 3 aromatic rings. The summed E-state index contributed by atoms with van der Waals surface area (Å²) >= 11 is 1.20. The summed E-state index contributed by atoms with van der Waals surface area (Å²) in [6.07, 6.45) is 0. The summed E-state index contributed by atoms with van der Waals surface area (Å²) in [4.78, 5) is 25.0. The summed E-state index contributed by atoms with van der Waals surface area (Å²) in [7, 11) is 0. The first-order chi connectivity index (χ1) is 14.4. The molecule has 0 aliphatic heterocycles. The molecule has 1 heterocycles. The molecule has 5 nitrogen and oxygen atoms in total. The van der Waals surface area contributed by atoms with Gasteiger partial charge in [-0.05, 0) is 55.7 Å². The molecule has 0 aliphatic carbocycles. The third-order valence-electron chi connectivity index (χ3n) is 4.59. The predicted molar refractivity (Wildman–Crippen MR) is 116 cm³/mol. The molecule has 0 saturated carbocycles. The first-order valence-corrected chi connectivity index (χ1v) is 10.3. The summed E-state index contributed by atoms with van der Waals surface area (Å²) in [6, 6.07) is 11.4. The van der Waals surface area contributed by atoms with Gasteiger partial charge in [0, 0.05) is 10.9 Å². The van der Waals surface area contributed by atoms with Crippen molar-refractivity contribution in [1.29, 1.82) is 0 Å². The van der Waals surface area contributed by atoms with Crippen LogP contribution in [0.25, 0.3) is 11.1 Å². The largest absolute Gasteiger partial charge is 0.483 e. The van der Waals surface area contributed by atoms with Gasteiger partial charge < -0.3 is 14.8 Å². The van der Waals surface area contributed by atoms with Crippen molar-refractivity contribution in [1.82, 2.24) is 0 Å². The van der Waals surface area contributed by atoms with Crippen molar-refractivity contribution in [3.05, 3.63) is 70.4 Å². The Balaban J connectivity index is 1.80. The van der Waals surface area contributed by atoms with Crippen LogP contribution in [0.15, 0.2) is 47.8 Å². The van der Waals surface area contributed by atoms with E-state index in [0.29, 0.717) is 21.9 Å². The van der Waals surface area contributed by atoms with Crippen molar-refractivity contribution in [2.45, 2.75) is 20.8 Å². The second-order valence-electron chi connectivity index (χ2n) is 6.62. The highest BCUT2D eigenvalue weighted by Gasteiger charge is 2.23. The van der Waals surface area contributed by atoms with Gasteiger partial charge in [0.2, 0.25) is 0 Å². The number of benzene rings is 2. The van der Waals surface area contributed by atoms with E-state index in [-0.39, 0.29) is 24.6 Å². The average molecular weight is 427 g/mol. The molecular weight excluding hydrogens is 405 g/mol. The fourth-order valence-electron chi connectivity index (χ4n) is 2.88. The summed E-state index contributed by atoms with van der Waals surface area (Å²) in [6.45, 7) is 5.60. The number of halogens is 1. The predicted octanol–water partition coefficient (Wildman–Crippen LogP) is 5.37. The molecule has 0 radical (unpaired) electrons. The Morgan fingerprint density at radius 2 is 1.83 bits per heavy atom.